The zero-order valence-electron chi connectivity index (χ0n) is 10.1. The molecule has 0 N–H and O–H groups in total. The van der Waals surface area contributed by atoms with Crippen molar-refractivity contribution in [1.82, 2.24) is 4.90 Å². The highest BCUT2D eigenvalue weighted by Crippen LogP contribution is 2.27. The first-order valence-corrected chi connectivity index (χ1v) is 5.01. The Hall–Kier alpha value is -1.71. The predicted octanol–water partition coefficient (Wildman–Crippen LogP) is 1.68. The van der Waals surface area contributed by atoms with Crippen molar-refractivity contribution in [2.24, 2.45) is 0 Å². The summed E-state index contributed by atoms with van der Waals surface area (Å²) in [5, 5.41) is 0. The number of methoxy groups -OCH3 is 2. The van der Waals surface area contributed by atoms with Crippen molar-refractivity contribution in [3.8, 4) is 11.5 Å². The Morgan fingerprint density at radius 3 is 2.38 bits per heavy atom. The van der Waals surface area contributed by atoms with E-state index in [2.05, 4.69) is 0 Å². The normalized spacial score (nSPS) is 9.75. The van der Waals surface area contributed by atoms with Gasteiger partial charge in [0, 0.05) is 20.5 Å². The van der Waals surface area contributed by atoms with E-state index in [0.29, 0.717) is 18.0 Å². The summed E-state index contributed by atoms with van der Waals surface area (Å²) in [5.41, 5.74) is 1.01. The van der Waals surface area contributed by atoms with Gasteiger partial charge >= 0.3 is 0 Å². The monoisotopic (exact) mass is 223 g/mol. The van der Waals surface area contributed by atoms with Crippen LogP contribution in [0.4, 0.5) is 0 Å². The van der Waals surface area contributed by atoms with Gasteiger partial charge in [0.1, 0.15) is 0 Å². The maximum absolute atomic E-state index is 11.1. The first kappa shape index (κ1) is 12.4. The van der Waals surface area contributed by atoms with Crippen LogP contribution in [-0.4, -0.2) is 32.1 Å². The van der Waals surface area contributed by atoms with Gasteiger partial charge in [-0.25, -0.2) is 0 Å². The Morgan fingerprint density at radius 2 is 1.88 bits per heavy atom. The summed E-state index contributed by atoms with van der Waals surface area (Å²) in [5.74, 6) is 1.41. The van der Waals surface area contributed by atoms with E-state index in [4.69, 9.17) is 9.47 Å². The second-order valence-electron chi connectivity index (χ2n) is 3.56. The van der Waals surface area contributed by atoms with E-state index in [1.54, 1.807) is 33.1 Å². The Kier molecular flexibility index (Phi) is 4.17. The Balaban J connectivity index is 2.86. The number of ether oxygens (including phenoxy) is 2. The van der Waals surface area contributed by atoms with Crippen molar-refractivity contribution in [3.05, 3.63) is 23.8 Å². The summed E-state index contributed by atoms with van der Waals surface area (Å²) < 4.78 is 10.3. The molecule has 0 aliphatic heterocycles. The minimum absolute atomic E-state index is 0.0368. The highest BCUT2D eigenvalue weighted by Gasteiger charge is 2.07. The molecule has 0 aliphatic rings. The summed E-state index contributed by atoms with van der Waals surface area (Å²) in [7, 11) is 4.95. The number of hydrogen-bond acceptors (Lipinski definition) is 3. The van der Waals surface area contributed by atoms with Crippen LogP contribution in [0.2, 0.25) is 0 Å². The van der Waals surface area contributed by atoms with Crippen LogP contribution in [0.1, 0.15) is 12.5 Å². The second kappa shape index (κ2) is 5.39. The van der Waals surface area contributed by atoms with Gasteiger partial charge in [-0.3, -0.25) is 4.79 Å². The Bertz CT molecular complexity index is 377. The third-order valence-electron chi connectivity index (χ3n) is 2.41. The van der Waals surface area contributed by atoms with Crippen molar-refractivity contribution in [3.63, 3.8) is 0 Å². The van der Waals surface area contributed by atoms with Gasteiger partial charge in [0.25, 0.3) is 0 Å². The fourth-order valence-electron chi connectivity index (χ4n) is 1.36. The van der Waals surface area contributed by atoms with Crippen molar-refractivity contribution in [2.75, 3.05) is 21.3 Å². The Morgan fingerprint density at radius 1 is 1.25 bits per heavy atom. The molecule has 4 nitrogen and oxygen atoms in total. The van der Waals surface area contributed by atoms with Crippen LogP contribution >= 0.6 is 0 Å². The number of rotatable bonds is 4. The standard InChI is InChI=1S/C12H17NO3/c1-9(14)13(2)8-10-5-6-11(15-3)12(7-10)16-4/h5-7H,8H2,1-4H3. The topological polar surface area (TPSA) is 38.8 Å². The van der Waals surface area contributed by atoms with Gasteiger partial charge in [0.05, 0.1) is 14.2 Å². The summed E-state index contributed by atoms with van der Waals surface area (Å²) in [6.45, 7) is 2.11. The fourth-order valence-corrected chi connectivity index (χ4v) is 1.36. The van der Waals surface area contributed by atoms with Crippen LogP contribution in [0.5, 0.6) is 11.5 Å². The van der Waals surface area contributed by atoms with Gasteiger partial charge in [-0.2, -0.15) is 0 Å². The molecule has 1 aromatic rings. The van der Waals surface area contributed by atoms with E-state index in [9.17, 15) is 4.79 Å². The summed E-state index contributed by atoms with van der Waals surface area (Å²) >= 11 is 0. The molecule has 0 radical (unpaired) electrons. The van der Waals surface area contributed by atoms with Crippen molar-refractivity contribution >= 4 is 5.91 Å². The zero-order chi connectivity index (χ0) is 12.1. The minimum atomic E-state index is 0.0368. The van der Waals surface area contributed by atoms with Crippen LogP contribution in [0, 0.1) is 0 Å². The highest BCUT2D eigenvalue weighted by molar-refractivity contribution is 5.72. The lowest BCUT2D eigenvalue weighted by Gasteiger charge is -2.16. The van der Waals surface area contributed by atoms with E-state index in [1.165, 1.54) is 0 Å². The maximum atomic E-state index is 11.1. The Labute approximate surface area is 95.8 Å². The SMILES string of the molecule is COc1ccc(CN(C)C(C)=O)cc1OC. The maximum Gasteiger partial charge on any atom is 0.219 e. The lowest BCUT2D eigenvalue weighted by molar-refractivity contribution is -0.128. The number of nitrogens with zero attached hydrogens (tertiary/aromatic N) is 1. The third kappa shape index (κ3) is 2.89. The zero-order valence-corrected chi connectivity index (χ0v) is 10.1. The van der Waals surface area contributed by atoms with Crippen molar-refractivity contribution in [1.29, 1.82) is 0 Å². The van der Waals surface area contributed by atoms with Gasteiger partial charge in [0.2, 0.25) is 5.91 Å². The molecule has 1 aromatic carbocycles. The van der Waals surface area contributed by atoms with Crippen molar-refractivity contribution < 1.29 is 14.3 Å². The van der Waals surface area contributed by atoms with E-state index in [-0.39, 0.29) is 5.91 Å². The van der Waals surface area contributed by atoms with E-state index in [0.717, 1.165) is 5.56 Å². The average Bonchev–Trinajstić information content (AvgIpc) is 2.28. The highest BCUT2D eigenvalue weighted by atomic mass is 16.5. The smallest absolute Gasteiger partial charge is 0.219 e. The number of amides is 1. The molecule has 0 saturated heterocycles. The second-order valence-corrected chi connectivity index (χ2v) is 3.56. The molecule has 88 valence electrons. The molecule has 0 atom stereocenters. The predicted molar refractivity (Wildman–Crippen MR) is 61.7 cm³/mol. The average molecular weight is 223 g/mol. The van der Waals surface area contributed by atoms with Crippen LogP contribution in [0.25, 0.3) is 0 Å². The molecule has 0 heterocycles. The number of carbonyl (C=O) groups is 1. The molecule has 0 unspecified atom stereocenters. The number of carbonyl (C=O) groups excluding carboxylic acids is 1. The third-order valence-corrected chi connectivity index (χ3v) is 2.41. The molecule has 0 aromatic heterocycles. The minimum Gasteiger partial charge on any atom is -0.493 e. The van der Waals surface area contributed by atoms with E-state index < -0.39 is 0 Å². The van der Waals surface area contributed by atoms with Crippen molar-refractivity contribution in [2.45, 2.75) is 13.5 Å². The molecule has 1 amide bonds. The molecule has 1 rings (SSSR count). The molecular formula is C12H17NO3. The van der Waals surface area contributed by atoms with E-state index in [1.807, 2.05) is 18.2 Å². The molecule has 16 heavy (non-hydrogen) atoms. The molecule has 4 heteroatoms. The number of hydrogen-bond donors (Lipinski definition) is 0. The van der Waals surface area contributed by atoms with E-state index >= 15 is 0 Å². The fraction of sp³-hybridized carbons (Fsp3) is 0.417. The molecule has 0 spiro atoms. The molecule has 0 saturated carbocycles. The van der Waals surface area contributed by atoms with Gasteiger partial charge in [-0.1, -0.05) is 6.07 Å². The van der Waals surface area contributed by atoms with Crippen LogP contribution in [0.15, 0.2) is 18.2 Å². The molecule has 0 fully saturated rings. The summed E-state index contributed by atoms with van der Waals surface area (Å²) in [4.78, 5) is 12.7. The first-order chi connectivity index (χ1) is 7.58. The van der Waals surface area contributed by atoms with Crippen LogP contribution in [0.3, 0.4) is 0 Å². The quantitative estimate of drug-likeness (QED) is 0.779. The first-order valence-electron chi connectivity index (χ1n) is 5.01. The van der Waals surface area contributed by atoms with Gasteiger partial charge < -0.3 is 14.4 Å². The number of benzene rings is 1. The molecule has 0 aliphatic carbocycles. The van der Waals surface area contributed by atoms with Crippen LogP contribution < -0.4 is 9.47 Å². The molecular weight excluding hydrogens is 206 g/mol. The summed E-state index contributed by atoms with van der Waals surface area (Å²) in [6.07, 6.45) is 0. The van der Waals surface area contributed by atoms with Gasteiger partial charge in [-0.05, 0) is 17.7 Å². The largest absolute Gasteiger partial charge is 0.493 e. The van der Waals surface area contributed by atoms with Crippen LogP contribution in [-0.2, 0) is 11.3 Å². The van der Waals surface area contributed by atoms with Gasteiger partial charge in [0.15, 0.2) is 11.5 Å². The summed E-state index contributed by atoms with van der Waals surface area (Å²) in [6, 6.07) is 5.63. The lowest BCUT2D eigenvalue weighted by Crippen LogP contribution is -2.22. The lowest BCUT2D eigenvalue weighted by atomic mass is 10.2. The van der Waals surface area contributed by atoms with Gasteiger partial charge in [-0.15, -0.1) is 0 Å². The molecule has 0 bridgehead atoms.